The van der Waals surface area contributed by atoms with Gasteiger partial charge in [0.1, 0.15) is 4.90 Å². The lowest BCUT2D eigenvalue weighted by molar-refractivity contribution is 0.601. The summed E-state index contributed by atoms with van der Waals surface area (Å²) in [7, 11) is -2.04. The van der Waals surface area contributed by atoms with E-state index >= 15 is 0 Å². The van der Waals surface area contributed by atoms with Gasteiger partial charge in [-0.15, -0.1) is 0 Å². The van der Waals surface area contributed by atoms with Crippen LogP contribution in [0.5, 0.6) is 0 Å². The van der Waals surface area contributed by atoms with E-state index in [0.717, 1.165) is 5.56 Å². The summed E-state index contributed by atoms with van der Waals surface area (Å²) in [6.07, 6.45) is 2.97. The predicted octanol–water partition coefficient (Wildman–Crippen LogP) is 1.33. The van der Waals surface area contributed by atoms with Crippen molar-refractivity contribution >= 4 is 27.3 Å². The number of hydrogen-bond donors (Lipinski definition) is 2. The molecule has 0 amide bonds. The van der Waals surface area contributed by atoms with Gasteiger partial charge in [-0.1, -0.05) is 17.7 Å². The highest BCUT2D eigenvalue weighted by Crippen LogP contribution is 2.24. The molecule has 0 atom stereocenters. The van der Waals surface area contributed by atoms with Gasteiger partial charge in [0.15, 0.2) is 0 Å². The maximum absolute atomic E-state index is 12.2. The molecule has 0 fully saturated rings. The SMILES string of the molecule is Cn1cc(NS(=O)(=O)c2ccc(CN)cc2Cl)cn1. The Kier molecular flexibility index (Phi) is 3.79. The van der Waals surface area contributed by atoms with Crippen LogP contribution in [-0.2, 0) is 23.6 Å². The van der Waals surface area contributed by atoms with Crippen LogP contribution in [0, 0.1) is 0 Å². The Morgan fingerprint density at radius 2 is 2.21 bits per heavy atom. The molecule has 0 unspecified atom stereocenters. The molecule has 1 heterocycles. The molecule has 19 heavy (non-hydrogen) atoms. The smallest absolute Gasteiger partial charge is 0.263 e. The van der Waals surface area contributed by atoms with Crippen LogP contribution in [-0.4, -0.2) is 18.2 Å². The van der Waals surface area contributed by atoms with E-state index in [9.17, 15) is 8.42 Å². The molecule has 8 heteroatoms. The van der Waals surface area contributed by atoms with Crippen molar-refractivity contribution in [1.82, 2.24) is 9.78 Å². The molecule has 0 radical (unpaired) electrons. The number of rotatable bonds is 4. The number of nitrogens with one attached hydrogen (secondary N) is 1. The monoisotopic (exact) mass is 300 g/mol. The second-order valence-electron chi connectivity index (χ2n) is 3.98. The summed E-state index contributed by atoms with van der Waals surface area (Å²) in [4.78, 5) is 0.00946. The second-order valence-corrected chi connectivity index (χ2v) is 6.04. The van der Waals surface area contributed by atoms with Gasteiger partial charge in [0.25, 0.3) is 10.0 Å². The van der Waals surface area contributed by atoms with E-state index < -0.39 is 10.0 Å². The van der Waals surface area contributed by atoms with Gasteiger partial charge in [-0.2, -0.15) is 5.10 Å². The first-order chi connectivity index (χ1) is 8.92. The maximum Gasteiger partial charge on any atom is 0.263 e. The fourth-order valence-corrected chi connectivity index (χ4v) is 3.17. The van der Waals surface area contributed by atoms with Gasteiger partial charge in [0, 0.05) is 19.8 Å². The zero-order valence-corrected chi connectivity index (χ0v) is 11.7. The summed E-state index contributed by atoms with van der Waals surface area (Å²) in [5.74, 6) is 0. The standard InChI is InChI=1S/C11H13ClN4O2S/c1-16-7-9(6-14-16)15-19(17,18)11-3-2-8(5-13)4-10(11)12/h2-4,6-7,15H,5,13H2,1H3. The minimum atomic E-state index is -3.73. The normalized spacial score (nSPS) is 11.5. The first-order valence-electron chi connectivity index (χ1n) is 5.42. The van der Waals surface area contributed by atoms with Gasteiger partial charge >= 0.3 is 0 Å². The van der Waals surface area contributed by atoms with Crippen molar-refractivity contribution in [2.75, 3.05) is 4.72 Å². The summed E-state index contributed by atoms with van der Waals surface area (Å²) in [5, 5.41) is 4.02. The van der Waals surface area contributed by atoms with Crippen LogP contribution in [0.25, 0.3) is 0 Å². The zero-order chi connectivity index (χ0) is 14.0. The summed E-state index contributed by atoms with van der Waals surface area (Å²) in [6, 6.07) is 4.60. The Hall–Kier alpha value is -1.57. The minimum absolute atomic E-state index is 0.00946. The van der Waals surface area contributed by atoms with E-state index in [1.54, 1.807) is 25.4 Å². The second kappa shape index (κ2) is 5.20. The van der Waals surface area contributed by atoms with Crippen LogP contribution in [0.15, 0.2) is 35.5 Å². The van der Waals surface area contributed by atoms with Gasteiger partial charge in [-0.05, 0) is 17.7 Å². The van der Waals surface area contributed by atoms with Gasteiger partial charge in [-0.25, -0.2) is 8.42 Å². The molecule has 0 aliphatic heterocycles. The number of aromatic nitrogens is 2. The molecule has 0 saturated carbocycles. The van der Waals surface area contributed by atoms with Crippen molar-refractivity contribution < 1.29 is 8.42 Å². The molecular formula is C11H13ClN4O2S. The predicted molar refractivity (Wildman–Crippen MR) is 73.4 cm³/mol. The lowest BCUT2D eigenvalue weighted by Gasteiger charge is -2.08. The summed E-state index contributed by atoms with van der Waals surface area (Å²) < 4.78 is 28.2. The molecule has 0 saturated heterocycles. The average molecular weight is 301 g/mol. The Balaban J connectivity index is 2.34. The fraction of sp³-hybridized carbons (Fsp3) is 0.182. The molecule has 2 rings (SSSR count). The van der Waals surface area contributed by atoms with E-state index in [1.165, 1.54) is 16.9 Å². The largest absolute Gasteiger partial charge is 0.326 e. The number of sulfonamides is 1. The van der Waals surface area contributed by atoms with Gasteiger partial charge in [-0.3, -0.25) is 9.40 Å². The van der Waals surface area contributed by atoms with Crippen molar-refractivity contribution in [3.8, 4) is 0 Å². The maximum atomic E-state index is 12.2. The van der Waals surface area contributed by atoms with Gasteiger partial charge in [0.2, 0.25) is 0 Å². The highest BCUT2D eigenvalue weighted by Gasteiger charge is 2.18. The molecule has 102 valence electrons. The van der Waals surface area contributed by atoms with Crippen molar-refractivity contribution in [3.05, 3.63) is 41.2 Å². The third-order valence-corrected chi connectivity index (χ3v) is 4.34. The Morgan fingerprint density at radius 1 is 1.47 bits per heavy atom. The lowest BCUT2D eigenvalue weighted by atomic mass is 10.2. The first kappa shape index (κ1) is 13.9. The van der Waals surface area contributed by atoms with Crippen LogP contribution in [0.1, 0.15) is 5.56 Å². The molecule has 3 N–H and O–H groups in total. The minimum Gasteiger partial charge on any atom is -0.326 e. The third kappa shape index (κ3) is 3.06. The molecule has 2 aromatic rings. The third-order valence-electron chi connectivity index (χ3n) is 2.48. The van der Waals surface area contributed by atoms with Crippen LogP contribution in [0.3, 0.4) is 0 Å². The molecule has 0 spiro atoms. The van der Waals surface area contributed by atoms with Crippen LogP contribution in [0.4, 0.5) is 5.69 Å². The van der Waals surface area contributed by atoms with E-state index in [0.29, 0.717) is 12.2 Å². The summed E-state index contributed by atoms with van der Waals surface area (Å²) in [5.41, 5.74) is 6.61. The topological polar surface area (TPSA) is 90.0 Å². The van der Waals surface area contributed by atoms with E-state index in [4.69, 9.17) is 17.3 Å². The number of nitrogens with two attached hydrogens (primary N) is 1. The van der Waals surface area contributed by atoms with E-state index in [-0.39, 0.29) is 9.92 Å². The molecule has 6 nitrogen and oxygen atoms in total. The molecule has 1 aromatic carbocycles. The fourth-order valence-electron chi connectivity index (χ4n) is 1.57. The Morgan fingerprint density at radius 3 is 2.74 bits per heavy atom. The van der Waals surface area contributed by atoms with Crippen LogP contribution >= 0.6 is 11.6 Å². The number of halogens is 1. The number of hydrogen-bond acceptors (Lipinski definition) is 4. The Bertz CT molecular complexity index is 696. The lowest BCUT2D eigenvalue weighted by Crippen LogP contribution is -2.13. The number of benzene rings is 1. The Labute approximate surface area is 116 Å². The highest BCUT2D eigenvalue weighted by atomic mass is 35.5. The van der Waals surface area contributed by atoms with Crippen molar-refractivity contribution in [2.24, 2.45) is 12.8 Å². The molecule has 1 aromatic heterocycles. The number of aryl methyl sites for hydroxylation is 1. The molecule has 0 aliphatic carbocycles. The number of anilines is 1. The van der Waals surface area contributed by atoms with Gasteiger partial charge in [0.05, 0.1) is 16.9 Å². The average Bonchev–Trinajstić information content (AvgIpc) is 2.73. The molecule has 0 aliphatic rings. The molecule has 0 bridgehead atoms. The summed E-state index contributed by atoms with van der Waals surface area (Å²) in [6.45, 7) is 0.302. The van der Waals surface area contributed by atoms with Crippen molar-refractivity contribution in [2.45, 2.75) is 11.4 Å². The van der Waals surface area contributed by atoms with E-state index in [2.05, 4.69) is 9.82 Å². The van der Waals surface area contributed by atoms with E-state index in [1.807, 2.05) is 0 Å². The number of nitrogens with zero attached hydrogens (tertiary/aromatic N) is 2. The zero-order valence-electron chi connectivity index (χ0n) is 10.2. The van der Waals surface area contributed by atoms with Crippen molar-refractivity contribution in [3.63, 3.8) is 0 Å². The van der Waals surface area contributed by atoms with Gasteiger partial charge < -0.3 is 5.73 Å². The summed E-state index contributed by atoms with van der Waals surface area (Å²) >= 11 is 5.97. The first-order valence-corrected chi connectivity index (χ1v) is 7.28. The van der Waals surface area contributed by atoms with Crippen LogP contribution in [0.2, 0.25) is 5.02 Å². The van der Waals surface area contributed by atoms with Crippen molar-refractivity contribution in [1.29, 1.82) is 0 Å². The molecular weight excluding hydrogens is 288 g/mol. The highest BCUT2D eigenvalue weighted by molar-refractivity contribution is 7.92. The van der Waals surface area contributed by atoms with Crippen LogP contribution < -0.4 is 10.5 Å². The quantitative estimate of drug-likeness (QED) is 0.891.